The van der Waals surface area contributed by atoms with Gasteiger partial charge in [-0.3, -0.25) is 4.79 Å². The Hall–Kier alpha value is -2.14. The van der Waals surface area contributed by atoms with Crippen LogP contribution in [0, 0.1) is 5.82 Å². The number of anilines is 2. The molecule has 1 aromatic carbocycles. The van der Waals surface area contributed by atoms with Crippen molar-refractivity contribution in [1.82, 2.24) is 4.98 Å². The highest BCUT2D eigenvalue weighted by Crippen LogP contribution is 2.21. The topological polar surface area (TPSA) is 68.0 Å². The molecule has 0 atom stereocenters. The van der Waals surface area contributed by atoms with Crippen molar-refractivity contribution >= 4 is 29.0 Å². The molecule has 21 heavy (non-hydrogen) atoms. The van der Waals surface area contributed by atoms with Crippen LogP contribution in [-0.4, -0.2) is 10.9 Å². The van der Waals surface area contributed by atoms with Crippen LogP contribution < -0.4 is 11.1 Å². The molecule has 0 unspecified atom stereocenters. The van der Waals surface area contributed by atoms with Crippen molar-refractivity contribution in [3.8, 4) is 0 Å². The first-order chi connectivity index (χ1) is 9.86. The smallest absolute Gasteiger partial charge is 0.255 e. The number of rotatable bonds is 3. The van der Waals surface area contributed by atoms with E-state index in [1.54, 1.807) is 6.07 Å². The minimum Gasteiger partial charge on any atom is -0.384 e. The predicted octanol–water partition coefficient (Wildman–Crippen LogP) is 3.83. The summed E-state index contributed by atoms with van der Waals surface area (Å²) >= 11 is 5.68. The van der Waals surface area contributed by atoms with Crippen LogP contribution >= 0.6 is 11.6 Å². The van der Waals surface area contributed by atoms with Crippen LogP contribution in [0.25, 0.3) is 0 Å². The molecule has 0 saturated carbocycles. The van der Waals surface area contributed by atoms with Crippen molar-refractivity contribution in [3.63, 3.8) is 0 Å². The van der Waals surface area contributed by atoms with Crippen LogP contribution in [0.4, 0.5) is 15.9 Å². The Balaban J connectivity index is 2.25. The van der Waals surface area contributed by atoms with Gasteiger partial charge < -0.3 is 11.1 Å². The maximum Gasteiger partial charge on any atom is 0.255 e. The van der Waals surface area contributed by atoms with Crippen LogP contribution in [0.3, 0.4) is 0 Å². The molecule has 1 heterocycles. The molecule has 0 aliphatic rings. The zero-order valence-electron chi connectivity index (χ0n) is 11.7. The number of amides is 1. The minimum atomic E-state index is -0.537. The summed E-state index contributed by atoms with van der Waals surface area (Å²) in [6.45, 7) is 3.92. The van der Waals surface area contributed by atoms with Gasteiger partial charge >= 0.3 is 0 Å². The highest BCUT2D eigenvalue weighted by atomic mass is 35.5. The van der Waals surface area contributed by atoms with Crippen molar-refractivity contribution in [3.05, 3.63) is 52.4 Å². The number of aromatic nitrogens is 1. The van der Waals surface area contributed by atoms with Crippen molar-refractivity contribution < 1.29 is 9.18 Å². The lowest BCUT2D eigenvalue weighted by Crippen LogP contribution is -2.14. The fraction of sp³-hybridized carbons (Fsp3) is 0.200. The van der Waals surface area contributed by atoms with Crippen molar-refractivity contribution in [2.75, 3.05) is 11.1 Å². The van der Waals surface area contributed by atoms with Gasteiger partial charge in [0, 0.05) is 16.9 Å². The number of pyridine rings is 1. The largest absolute Gasteiger partial charge is 0.384 e. The Morgan fingerprint density at radius 1 is 1.33 bits per heavy atom. The second kappa shape index (κ2) is 6.10. The Morgan fingerprint density at radius 3 is 2.67 bits per heavy atom. The highest BCUT2D eigenvalue weighted by molar-refractivity contribution is 6.31. The Morgan fingerprint density at radius 2 is 2.05 bits per heavy atom. The lowest BCUT2D eigenvalue weighted by Gasteiger charge is -2.10. The molecule has 4 nitrogen and oxygen atoms in total. The zero-order valence-corrected chi connectivity index (χ0v) is 12.4. The third kappa shape index (κ3) is 3.70. The molecule has 2 aromatic rings. The molecular weight excluding hydrogens is 293 g/mol. The summed E-state index contributed by atoms with van der Waals surface area (Å²) in [5.74, 6) is -0.456. The Labute approximate surface area is 127 Å². The summed E-state index contributed by atoms with van der Waals surface area (Å²) in [4.78, 5) is 16.4. The maximum absolute atomic E-state index is 13.1. The fourth-order valence-electron chi connectivity index (χ4n) is 1.78. The van der Waals surface area contributed by atoms with Crippen LogP contribution in [0.15, 0.2) is 30.3 Å². The Kier molecular flexibility index (Phi) is 4.43. The van der Waals surface area contributed by atoms with Gasteiger partial charge in [-0.05, 0) is 36.2 Å². The molecule has 2 rings (SSSR count). The van der Waals surface area contributed by atoms with Crippen molar-refractivity contribution in [2.45, 2.75) is 19.8 Å². The summed E-state index contributed by atoms with van der Waals surface area (Å²) in [5, 5.41) is 2.60. The van der Waals surface area contributed by atoms with E-state index >= 15 is 0 Å². The fourth-order valence-corrected chi connectivity index (χ4v) is 1.96. The SMILES string of the molecule is CC(C)c1cc(C(=O)Nc2ccc(F)c(Cl)c2)cc(N)n1. The number of carbonyl (C=O) groups is 1. The monoisotopic (exact) mass is 307 g/mol. The number of hydrogen-bond donors (Lipinski definition) is 2. The summed E-state index contributed by atoms with van der Waals surface area (Å²) in [6, 6.07) is 7.15. The minimum absolute atomic E-state index is 0.0510. The average Bonchev–Trinajstić information content (AvgIpc) is 2.42. The normalized spacial score (nSPS) is 10.7. The molecule has 110 valence electrons. The van der Waals surface area contributed by atoms with E-state index in [-0.39, 0.29) is 22.7 Å². The quantitative estimate of drug-likeness (QED) is 0.905. The lowest BCUT2D eigenvalue weighted by molar-refractivity contribution is 0.102. The van der Waals surface area contributed by atoms with Gasteiger partial charge in [0.25, 0.3) is 5.91 Å². The van der Waals surface area contributed by atoms with E-state index in [9.17, 15) is 9.18 Å². The molecule has 0 aliphatic carbocycles. The zero-order chi connectivity index (χ0) is 15.6. The van der Waals surface area contributed by atoms with Gasteiger partial charge in [0.1, 0.15) is 11.6 Å². The number of halogens is 2. The van der Waals surface area contributed by atoms with Crippen LogP contribution in [0.2, 0.25) is 5.02 Å². The third-order valence-corrected chi connectivity index (χ3v) is 3.19. The first-order valence-electron chi connectivity index (χ1n) is 6.40. The van der Waals surface area contributed by atoms with E-state index in [4.69, 9.17) is 17.3 Å². The molecule has 0 aliphatic heterocycles. The highest BCUT2D eigenvalue weighted by Gasteiger charge is 2.12. The Bertz CT molecular complexity index is 689. The predicted molar refractivity (Wildman–Crippen MR) is 82.1 cm³/mol. The number of hydrogen-bond acceptors (Lipinski definition) is 3. The van der Waals surface area contributed by atoms with E-state index in [2.05, 4.69) is 10.3 Å². The summed E-state index contributed by atoms with van der Waals surface area (Å²) in [6.07, 6.45) is 0. The van der Waals surface area contributed by atoms with E-state index in [0.29, 0.717) is 11.3 Å². The number of nitrogen functional groups attached to an aromatic ring is 1. The van der Waals surface area contributed by atoms with Gasteiger partial charge in [-0.25, -0.2) is 9.37 Å². The molecular formula is C15H15ClFN3O. The van der Waals surface area contributed by atoms with E-state index in [0.717, 1.165) is 5.69 Å². The number of nitrogens with one attached hydrogen (secondary N) is 1. The van der Waals surface area contributed by atoms with Crippen molar-refractivity contribution in [2.24, 2.45) is 0 Å². The van der Waals surface area contributed by atoms with Gasteiger partial charge in [0.15, 0.2) is 0 Å². The summed E-state index contributed by atoms with van der Waals surface area (Å²) in [7, 11) is 0. The number of nitrogens with two attached hydrogens (primary N) is 1. The molecule has 0 bridgehead atoms. The first kappa shape index (κ1) is 15.3. The van der Waals surface area contributed by atoms with Crippen LogP contribution in [0.5, 0.6) is 0 Å². The van der Waals surface area contributed by atoms with Gasteiger partial charge in [-0.2, -0.15) is 0 Å². The molecule has 0 saturated heterocycles. The number of benzene rings is 1. The van der Waals surface area contributed by atoms with E-state index < -0.39 is 5.82 Å². The maximum atomic E-state index is 13.1. The van der Waals surface area contributed by atoms with Crippen molar-refractivity contribution in [1.29, 1.82) is 0 Å². The van der Waals surface area contributed by atoms with Gasteiger partial charge in [0.2, 0.25) is 0 Å². The first-order valence-corrected chi connectivity index (χ1v) is 6.78. The molecule has 1 amide bonds. The standard InChI is InChI=1S/C15H15ClFN3O/c1-8(2)13-5-9(6-14(18)20-13)15(21)19-10-3-4-12(17)11(16)7-10/h3-8H,1-2H3,(H2,18,20)(H,19,21). The third-order valence-electron chi connectivity index (χ3n) is 2.90. The average molecular weight is 308 g/mol. The summed E-state index contributed by atoms with van der Waals surface area (Å²) < 4.78 is 13.1. The molecule has 1 aromatic heterocycles. The van der Waals surface area contributed by atoms with E-state index in [1.807, 2.05) is 13.8 Å². The number of carbonyl (C=O) groups excluding carboxylic acids is 1. The molecule has 3 N–H and O–H groups in total. The molecule has 6 heteroatoms. The van der Waals surface area contributed by atoms with Crippen LogP contribution in [0.1, 0.15) is 35.8 Å². The van der Waals surface area contributed by atoms with Gasteiger partial charge in [-0.1, -0.05) is 25.4 Å². The van der Waals surface area contributed by atoms with Crippen LogP contribution in [-0.2, 0) is 0 Å². The molecule has 0 fully saturated rings. The molecule has 0 radical (unpaired) electrons. The van der Waals surface area contributed by atoms with Gasteiger partial charge in [-0.15, -0.1) is 0 Å². The summed E-state index contributed by atoms with van der Waals surface area (Å²) in [5.41, 5.74) is 7.25. The second-order valence-electron chi connectivity index (χ2n) is 4.94. The lowest BCUT2D eigenvalue weighted by atomic mass is 10.1. The second-order valence-corrected chi connectivity index (χ2v) is 5.35. The molecule has 0 spiro atoms. The number of nitrogens with zero attached hydrogens (tertiary/aromatic N) is 1. The van der Waals surface area contributed by atoms with E-state index in [1.165, 1.54) is 24.3 Å². The van der Waals surface area contributed by atoms with Gasteiger partial charge in [0.05, 0.1) is 5.02 Å².